The van der Waals surface area contributed by atoms with Gasteiger partial charge in [0.2, 0.25) is 0 Å². The average Bonchev–Trinajstić information content (AvgIpc) is 2.15. The Hall–Kier alpha value is -0.760. The molecule has 0 atom stereocenters. The lowest BCUT2D eigenvalue weighted by Gasteiger charge is -2.08. The standard InChI is InChI=1S/C12H23NO/c1-5-6-10-14-12(11(2)3)8-7-9-13-4/h6,10,13H,5,7-9H2,1-4H3/b10-6-. The minimum Gasteiger partial charge on any atom is -0.470 e. The highest BCUT2D eigenvalue weighted by Crippen LogP contribution is 2.12. The maximum atomic E-state index is 5.56. The van der Waals surface area contributed by atoms with Gasteiger partial charge in [-0.25, -0.2) is 0 Å². The minimum absolute atomic E-state index is 1.01. The Balaban J connectivity index is 3.92. The lowest BCUT2D eigenvalue weighted by atomic mass is 10.2. The summed E-state index contributed by atoms with van der Waals surface area (Å²) < 4.78 is 5.56. The fraction of sp³-hybridized carbons (Fsp3) is 0.667. The van der Waals surface area contributed by atoms with Crippen molar-refractivity contribution in [2.24, 2.45) is 0 Å². The van der Waals surface area contributed by atoms with E-state index in [1.165, 1.54) is 5.57 Å². The number of allylic oxidation sites excluding steroid dienone is 3. The molecule has 0 bridgehead atoms. The van der Waals surface area contributed by atoms with Gasteiger partial charge in [-0.05, 0) is 51.9 Å². The second kappa shape index (κ2) is 8.82. The van der Waals surface area contributed by atoms with E-state index in [0.717, 1.165) is 31.6 Å². The van der Waals surface area contributed by atoms with Crippen LogP contribution in [0.25, 0.3) is 0 Å². The number of nitrogens with one attached hydrogen (secondary N) is 1. The van der Waals surface area contributed by atoms with Crippen LogP contribution in [0.4, 0.5) is 0 Å². The molecule has 2 nitrogen and oxygen atoms in total. The van der Waals surface area contributed by atoms with Crippen LogP contribution in [0.15, 0.2) is 23.7 Å². The zero-order chi connectivity index (χ0) is 10.8. The van der Waals surface area contributed by atoms with Crippen LogP contribution in [-0.2, 0) is 4.74 Å². The van der Waals surface area contributed by atoms with E-state index in [2.05, 4.69) is 26.1 Å². The van der Waals surface area contributed by atoms with Gasteiger partial charge in [-0.3, -0.25) is 0 Å². The fourth-order valence-corrected chi connectivity index (χ4v) is 1.08. The molecule has 0 aromatic heterocycles. The predicted molar refractivity (Wildman–Crippen MR) is 62.1 cm³/mol. The summed E-state index contributed by atoms with van der Waals surface area (Å²) in [4.78, 5) is 0. The molecule has 0 unspecified atom stereocenters. The minimum atomic E-state index is 1.01. The van der Waals surface area contributed by atoms with Crippen LogP contribution in [0.5, 0.6) is 0 Å². The molecule has 0 saturated heterocycles. The molecule has 0 amide bonds. The van der Waals surface area contributed by atoms with Gasteiger partial charge in [-0.1, -0.05) is 6.92 Å². The Labute approximate surface area is 88.0 Å². The number of ether oxygens (including phenoxy) is 1. The van der Waals surface area contributed by atoms with Gasteiger partial charge in [0.15, 0.2) is 0 Å². The molecule has 0 aromatic carbocycles. The molecule has 0 aliphatic heterocycles. The van der Waals surface area contributed by atoms with Crippen molar-refractivity contribution in [2.45, 2.75) is 40.0 Å². The molecule has 0 aliphatic carbocycles. The zero-order valence-corrected chi connectivity index (χ0v) is 9.89. The Bertz CT molecular complexity index is 190. The first-order chi connectivity index (χ1) is 6.72. The van der Waals surface area contributed by atoms with E-state index < -0.39 is 0 Å². The van der Waals surface area contributed by atoms with Crippen molar-refractivity contribution >= 4 is 0 Å². The first-order valence-corrected chi connectivity index (χ1v) is 5.35. The van der Waals surface area contributed by atoms with Gasteiger partial charge >= 0.3 is 0 Å². The van der Waals surface area contributed by atoms with Crippen molar-refractivity contribution in [2.75, 3.05) is 13.6 Å². The smallest absolute Gasteiger partial charge is 0.102 e. The molecule has 2 heteroatoms. The van der Waals surface area contributed by atoms with E-state index >= 15 is 0 Å². The third-order valence-electron chi connectivity index (χ3n) is 1.93. The molecule has 0 aliphatic rings. The van der Waals surface area contributed by atoms with E-state index in [1.54, 1.807) is 6.26 Å². The molecule has 0 fully saturated rings. The van der Waals surface area contributed by atoms with Crippen molar-refractivity contribution in [3.8, 4) is 0 Å². The van der Waals surface area contributed by atoms with E-state index in [1.807, 2.05) is 13.1 Å². The third-order valence-corrected chi connectivity index (χ3v) is 1.93. The molecule has 82 valence electrons. The Morgan fingerprint density at radius 1 is 1.36 bits per heavy atom. The van der Waals surface area contributed by atoms with E-state index in [-0.39, 0.29) is 0 Å². The summed E-state index contributed by atoms with van der Waals surface area (Å²) in [7, 11) is 1.97. The summed E-state index contributed by atoms with van der Waals surface area (Å²) in [6.45, 7) is 7.32. The van der Waals surface area contributed by atoms with Crippen LogP contribution in [0.1, 0.15) is 40.0 Å². The maximum absolute atomic E-state index is 5.56. The summed E-state index contributed by atoms with van der Waals surface area (Å²) in [6, 6.07) is 0. The van der Waals surface area contributed by atoms with Gasteiger partial charge in [0.25, 0.3) is 0 Å². The molecule has 0 saturated carbocycles. The molecule has 0 radical (unpaired) electrons. The van der Waals surface area contributed by atoms with Crippen LogP contribution in [0.3, 0.4) is 0 Å². The number of rotatable bonds is 7. The van der Waals surface area contributed by atoms with E-state index in [4.69, 9.17) is 4.74 Å². The summed E-state index contributed by atoms with van der Waals surface area (Å²) in [5.41, 5.74) is 1.27. The predicted octanol–water partition coefficient (Wildman–Crippen LogP) is 3.22. The van der Waals surface area contributed by atoms with Crippen LogP contribution >= 0.6 is 0 Å². The third kappa shape index (κ3) is 6.72. The Kier molecular flexibility index (Phi) is 8.34. The SMILES string of the molecule is CC/C=C\OC(CCCNC)=C(C)C. The van der Waals surface area contributed by atoms with Gasteiger partial charge in [0, 0.05) is 6.42 Å². The van der Waals surface area contributed by atoms with Crippen molar-refractivity contribution in [1.82, 2.24) is 5.32 Å². The fourth-order valence-electron chi connectivity index (χ4n) is 1.08. The van der Waals surface area contributed by atoms with Gasteiger partial charge in [-0.2, -0.15) is 0 Å². The van der Waals surface area contributed by atoms with Crippen LogP contribution in [0.2, 0.25) is 0 Å². The summed E-state index contributed by atoms with van der Waals surface area (Å²) in [5, 5.41) is 3.13. The molecular weight excluding hydrogens is 174 g/mol. The lowest BCUT2D eigenvalue weighted by Crippen LogP contribution is -2.07. The molecule has 0 rings (SSSR count). The monoisotopic (exact) mass is 197 g/mol. The molecule has 14 heavy (non-hydrogen) atoms. The van der Waals surface area contributed by atoms with E-state index in [0.29, 0.717) is 0 Å². The molecule has 0 spiro atoms. The van der Waals surface area contributed by atoms with Gasteiger partial charge in [-0.15, -0.1) is 0 Å². The zero-order valence-electron chi connectivity index (χ0n) is 9.89. The molecular formula is C12H23NO. The van der Waals surface area contributed by atoms with Gasteiger partial charge in [0.1, 0.15) is 5.76 Å². The molecule has 1 N–H and O–H groups in total. The number of hydrogen-bond acceptors (Lipinski definition) is 2. The summed E-state index contributed by atoms with van der Waals surface area (Å²) in [5.74, 6) is 1.10. The van der Waals surface area contributed by atoms with Crippen LogP contribution in [0, 0.1) is 0 Å². The highest BCUT2D eigenvalue weighted by molar-refractivity contribution is 5.04. The number of hydrogen-bond donors (Lipinski definition) is 1. The first-order valence-electron chi connectivity index (χ1n) is 5.35. The molecule has 0 heterocycles. The van der Waals surface area contributed by atoms with Crippen LogP contribution < -0.4 is 5.32 Å². The van der Waals surface area contributed by atoms with E-state index in [9.17, 15) is 0 Å². The Morgan fingerprint density at radius 2 is 2.07 bits per heavy atom. The quantitative estimate of drug-likeness (QED) is 0.500. The maximum Gasteiger partial charge on any atom is 0.102 e. The first kappa shape index (κ1) is 13.2. The second-order valence-corrected chi connectivity index (χ2v) is 3.53. The van der Waals surface area contributed by atoms with Crippen molar-refractivity contribution in [3.63, 3.8) is 0 Å². The lowest BCUT2D eigenvalue weighted by molar-refractivity contribution is 0.323. The van der Waals surface area contributed by atoms with Crippen molar-refractivity contribution < 1.29 is 4.74 Å². The molecule has 0 aromatic rings. The van der Waals surface area contributed by atoms with Crippen molar-refractivity contribution in [1.29, 1.82) is 0 Å². The normalized spacial score (nSPS) is 10.6. The average molecular weight is 197 g/mol. The summed E-state index contributed by atoms with van der Waals surface area (Å²) >= 11 is 0. The highest BCUT2D eigenvalue weighted by Gasteiger charge is 1.98. The second-order valence-electron chi connectivity index (χ2n) is 3.53. The summed E-state index contributed by atoms with van der Waals surface area (Å²) in [6.07, 6.45) is 6.98. The topological polar surface area (TPSA) is 21.3 Å². The Morgan fingerprint density at radius 3 is 2.57 bits per heavy atom. The van der Waals surface area contributed by atoms with Gasteiger partial charge in [0.05, 0.1) is 6.26 Å². The van der Waals surface area contributed by atoms with Gasteiger partial charge < -0.3 is 10.1 Å². The highest BCUT2D eigenvalue weighted by atomic mass is 16.5. The van der Waals surface area contributed by atoms with Crippen LogP contribution in [-0.4, -0.2) is 13.6 Å². The van der Waals surface area contributed by atoms with Crippen molar-refractivity contribution in [3.05, 3.63) is 23.7 Å². The largest absolute Gasteiger partial charge is 0.470 e.